The van der Waals surface area contributed by atoms with Crippen LogP contribution in [0.4, 0.5) is 0 Å². The number of aliphatic hydroxyl groups excluding tert-OH is 1. The first-order valence-electron chi connectivity index (χ1n) is 9.85. The fourth-order valence-corrected chi connectivity index (χ4v) is 5.01. The lowest BCUT2D eigenvalue weighted by Gasteiger charge is -2.35. The zero-order chi connectivity index (χ0) is 21.9. The second-order valence-corrected chi connectivity index (χ2v) is 7.95. The van der Waals surface area contributed by atoms with Gasteiger partial charge in [-0.25, -0.2) is 0 Å². The highest BCUT2D eigenvalue weighted by Gasteiger charge is 2.79. The van der Waals surface area contributed by atoms with Gasteiger partial charge in [-0.15, -0.1) is 0 Å². The van der Waals surface area contributed by atoms with Crippen LogP contribution in [-0.2, 0) is 23.9 Å². The highest BCUT2D eigenvalue weighted by molar-refractivity contribution is 6.21. The molecule has 1 aromatic rings. The Balaban J connectivity index is 1.82. The van der Waals surface area contributed by atoms with Crippen molar-refractivity contribution in [3.05, 3.63) is 48.0 Å². The minimum Gasteiger partial charge on any atom is -0.383 e. The van der Waals surface area contributed by atoms with Crippen molar-refractivity contribution in [2.45, 2.75) is 43.3 Å². The van der Waals surface area contributed by atoms with E-state index in [4.69, 9.17) is 9.47 Å². The molecule has 0 saturated carbocycles. The summed E-state index contributed by atoms with van der Waals surface area (Å²) in [6.45, 7) is 3.35. The maximum atomic E-state index is 13.4. The lowest BCUT2D eigenvalue weighted by molar-refractivity contribution is -0.189. The lowest BCUT2D eigenvalue weighted by Crippen LogP contribution is -2.61. The number of methoxy groups -OCH3 is 1. The van der Waals surface area contributed by atoms with Crippen molar-refractivity contribution < 1.29 is 33.8 Å². The standard InChI is InChI=1S/C22H23NO7/c1-4-14-10-11-15(24)20(14)12(2)16(25)21(30-20)18(27)22(29-3,23-19(21)28)17(26)13-8-6-5-7-9-13/h5-12,14,18,27H,4H2,1-3H3,(H,23,28)/t12-,14+,18-,20-,21+,22+/m0/s1. The molecule has 8 nitrogen and oxygen atoms in total. The summed E-state index contributed by atoms with van der Waals surface area (Å²) < 4.78 is 11.3. The lowest BCUT2D eigenvalue weighted by atomic mass is 9.75. The van der Waals surface area contributed by atoms with Crippen molar-refractivity contribution in [2.75, 3.05) is 7.11 Å². The van der Waals surface area contributed by atoms with Gasteiger partial charge in [0, 0.05) is 18.6 Å². The van der Waals surface area contributed by atoms with Gasteiger partial charge >= 0.3 is 0 Å². The van der Waals surface area contributed by atoms with E-state index in [9.17, 15) is 24.3 Å². The van der Waals surface area contributed by atoms with E-state index in [0.29, 0.717) is 6.42 Å². The van der Waals surface area contributed by atoms with E-state index >= 15 is 0 Å². The number of amides is 1. The highest BCUT2D eigenvalue weighted by atomic mass is 16.6. The van der Waals surface area contributed by atoms with Crippen LogP contribution < -0.4 is 5.32 Å². The van der Waals surface area contributed by atoms with Crippen molar-refractivity contribution in [1.82, 2.24) is 5.32 Å². The van der Waals surface area contributed by atoms with E-state index in [0.717, 1.165) is 7.11 Å². The molecule has 2 spiro atoms. The number of ether oxygens (including phenoxy) is 2. The van der Waals surface area contributed by atoms with Crippen LogP contribution in [0.1, 0.15) is 30.6 Å². The molecular formula is C22H23NO7. The molecule has 2 fully saturated rings. The maximum absolute atomic E-state index is 13.4. The third-order valence-electron chi connectivity index (χ3n) is 6.69. The fourth-order valence-electron chi connectivity index (χ4n) is 5.01. The number of ketones is 3. The average molecular weight is 413 g/mol. The molecule has 0 aromatic heterocycles. The van der Waals surface area contributed by atoms with Crippen LogP contribution in [0.3, 0.4) is 0 Å². The summed E-state index contributed by atoms with van der Waals surface area (Å²) in [6, 6.07) is 7.97. The third kappa shape index (κ3) is 2.21. The van der Waals surface area contributed by atoms with Crippen LogP contribution in [0.2, 0.25) is 0 Å². The Kier molecular flexibility index (Phi) is 4.57. The van der Waals surface area contributed by atoms with Crippen LogP contribution in [-0.4, -0.2) is 58.5 Å². The molecule has 0 bridgehead atoms. The van der Waals surface area contributed by atoms with Gasteiger partial charge in [0.2, 0.25) is 17.1 Å². The van der Waals surface area contributed by atoms with E-state index in [2.05, 4.69) is 5.32 Å². The number of rotatable bonds is 4. The molecule has 6 atom stereocenters. The highest BCUT2D eigenvalue weighted by Crippen LogP contribution is 2.53. The van der Waals surface area contributed by atoms with Crippen molar-refractivity contribution in [1.29, 1.82) is 0 Å². The van der Waals surface area contributed by atoms with Crippen LogP contribution in [0, 0.1) is 11.8 Å². The Morgan fingerprint density at radius 3 is 2.50 bits per heavy atom. The van der Waals surface area contributed by atoms with Crippen LogP contribution in [0.15, 0.2) is 42.5 Å². The van der Waals surface area contributed by atoms with Gasteiger partial charge < -0.3 is 19.9 Å². The zero-order valence-corrected chi connectivity index (χ0v) is 16.9. The molecule has 3 aliphatic rings. The number of hydrogen-bond acceptors (Lipinski definition) is 7. The van der Waals surface area contributed by atoms with Gasteiger partial charge in [-0.1, -0.05) is 50.3 Å². The molecule has 2 N–H and O–H groups in total. The molecule has 4 rings (SSSR count). The minimum absolute atomic E-state index is 0.175. The fraction of sp³-hybridized carbons (Fsp3) is 0.455. The molecular weight excluding hydrogens is 390 g/mol. The Hall–Kier alpha value is -2.68. The van der Waals surface area contributed by atoms with Gasteiger partial charge in [0.05, 0.1) is 5.92 Å². The predicted molar refractivity (Wildman–Crippen MR) is 103 cm³/mol. The average Bonchev–Trinajstić information content (AvgIpc) is 3.29. The molecule has 1 aliphatic carbocycles. The Morgan fingerprint density at radius 1 is 1.23 bits per heavy atom. The summed E-state index contributed by atoms with van der Waals surface area (Å²) in [5, 5.41) is 13.6. The van der Waals surface area contributed by atoms with Crippen molar-refractivity contribution in [3.63, 3.8) is 0 Å². The van der Waals surface area contributed by atoms with Crippen molar-refractivity contribution in [3.8, 4) is 0 Å². The molecule has 1 amide bonds. The topological polar surface area (TPSA) is 119 Å². The molecule has 2 saturated heterocycles. The van der Waals surface area contributed by atoms with Crippen LogP contribution in [0.25, 0.3) is 0 Å². The molecule has 158 valence electrons. The largest absolute Gasteiger partial charge is 0.383 e. The summed E-state index contributed by atoms with van der Waals surface area (Å²) in [6.07, 6.45) is 1.50. The van der Waals surface area contributed by atoms with Gasteiger partial charge in [-0.2, -0.15) is 0 Å². The molecule has 0 radical (unpaired) electrons. The number of aliphatic hydroxyl groups is 1. The second-order valence-electron chi connectivity index (χ2n) is 7.95. The smallest absolute Gasteiger partial charge is 0.265 e. The number of Topliss-reactive ketones (excluding diaryl/α,β-unsaturated/α-hetero) is 2. The molecule has 1 aromatic carbocycles. The monoisotopic (exact) mass is 413 g/mol. The van der Waals surface area contributed by atoms with Gasteiger partial charge in [0.15, 0.2) is 17.7 Å². The number of hydrogen-bond donors (Lipinski definition) is 2. The third-order valence-corrected chi connectivity index (χ3v) is 6.69. The molecule has 8 heteroatoms. The number of carbonyl (C=O) groups is 4. The molecule has 0 unspecified atom stereocenters. The first kappa shape index (κ1) is 20.6. The van der Waals surface area contributed by atoms with Gasteiger partial charge in [0.1, 0.15) is 5.60 Å². The Bertz CT molecular complexity index is 973. The first-order chi connectivity index (χ1) is 14.2. The van der Waals surface area contributed by atoms with E-state index in [1.807, 2.05) is 6.92 Å². The summed E-state index contributed by atoms with van der Waals surface area (Å²) in [5.74, 6) is -4.34. The first-order valence-corrected chi connectivity index (χ1v) is 9.85. The van der Waals surface area contributed by atoms with E-state index in [1.165, 1.54) is 25.1 Å². The summed E-state index contributed by atoms with van der Waals surface area (Å²) in [7, 11) is 1.15. The van der Waals surface area contributed by atoms with E-state index in [1.54, 1.807) is 24.3 Å². The zero-order valence-electron chi connectivity index (χ0n) is 16.9. The summed E-state index contributed by atoms with van der Waals surface area (Å²) >= 11 is 0. The Labute approximate surface area is 173 Å². The van der Waals surface area contributed by atoms with Crippen LogP contribution >= 0.6 is 0 Å². The van der Waals surface area contributed by atoms with Gasteiger partial charge in [-0.05, 0) is 12.5 Å². The van der Waals surface area contributed by atoms with E-state index < -0.39 is 58.1 Å². The van der Waals surface area contributed by atoms with Crippen molar-refractivity contribution in [2.24, 2.45) is 11.8 Å². The maximum Gasteiger partial charge on any atom is 0.265 e. The second kappa shape index (κ2) is 6.66. The molecule has 30 heavy (non-hydrogen) atoms. The quantitative estimate of drug-likeness (QED) is 0.547. The summed E-state index contributed by atoms with van der Waals surface area (Å²) in [5.41, 5.74) is -6.07. The van der Waals surface area contributed by atoms with Crippen molar-refractivity contribution >= 4 is 23.3 Å². The van der Waals surface area contributed by atoms with Gasteiger partial charge in [0.25, 0.3) is 5.91 Å². The number of nitrogens with one attached hydrogen (secondary N) is 1. The predicted octanol–water partition coefficient (Wildman–Crippen LogP) is 0.581. The van der Waals surface area contributed by atoms with Crippen LogP contribution in [0.5, 0.6) is 0 Å². The number of carbonyl (C=O) groups excluding carboxylic acids is 4. The normalized spacial score (nSPS) is 40.0. The van der Waals surface area contributed by atoms with E-state index in [-0.39, 0.29) is 5.56 Å². The molecule has 2 heterocycles. The van der Waals surface area contributed by atoms with Gasteiger partial charge in [-0.3, -0.25) is 19.2 Å². The Morgan fingerprint density at radius 2 is 1.90 bits per heavy atom. The molecule has 2 aliphatic heterocycles. The number of benzene rings is 1. The minimum atomic E-state index is -2.42. The SMILES string of the molecule is CC[C@@H]1C=CC(=O)[C@@]12O[C@]1(C(=O)N[C@@](OC)(C(=O)c3ccccc3)[C@H]1O)C(=O)[C@@H]2C. The summed E-state index contributed by atoms with van der Waals surface area (Å²) in [4.78, 5) is 52.5.